The van der Waals surface area contributed by atoms with Crippen molar-refractivity contribution in [3.05, 3.63) is 0 Å². The number of nitrogens with two attached hydrogens (primary N) is 1. The minimum atomic E-state index is -3.32. The summed E-state index contributed by atoms with van der Waals surface area (Å²) < 4.78 is 26.0. The third-order valence-electron chi connectivity index (χ3n) is 4.36. The van der Waals surface area contributed by atoms with Crippen molar-refractivity contribution in [1.29, 1.82) is 0 Å². The van der Waals surface area contributed by atoms with Gasteiger partial charge >= 0.3 is 0 Å². The summed E-state index contributed by atoms with van der Waals surface area (Å²) in [6.45, 7) is 2.87. The minimum absolute atomic E-state index is 0. The van der Waals surface area contributed by atoms with Crippen molar-refractivity contribution in [2.75, 3.05) is 18.8 Å². The molecule has 0 spiro atoms. The van der Waals surface area contributed by atoms with Crippen LogP contribution in [-0.4, -0.2) is 49.6 Å². The Morgan fingerprint density at radius 3 is 2.64 bits per heavy atom. The first-order valence-corrected chi connectivity index (χ1v) is 9.59. The van der Waals surface area contributed by atoms with E-state index in [-0.39, 0.29) is 30.1 Å². The third-order valence-corrected chi connectivity index (χ3v) is 6.32. The Hall–Kier alpha value is -0.370. The lowest BCUT2D eigenvalue weighted by molar-refractivity contribution is -0.124. The van der Waals surface area contributed by atoms with Crippen molar-refractivity contribution in [2.45, 2.75) is 57.5 Å². The number of rotatable bonds is 8. The normalized spacial score (nSPS) is 23.8. The zero-order chi connectivity index (χ0) is 15.5. The van der Waals surface area contributed by atoms with Crippen LogP contribution >= 0.6 is 12.4 Å². The van der Waals surface area contributed by atoms with E-state index in [4.69, 9.17) is 5.73 Å². The van der Waals surface area contributed by atoms with Crippen LogP contribution in [0.5, 0.6) is 0 Å². The van der Waals surface area contributed by atoms with E-state index < -0.39 is 16.1 Å². The van der Waals surface area contributed by atoms with Crippen LogP contribution in [0.3, 0.4) is 0 Å². The van der Waals surface area contributed by atoms with E-state index in [9.17, 15) is 13.2 Å². The van der Waals surface area contributed by atoms with Gasteiger partial charge in [-0.2, -0.15) is 4.31 Å². The molecule has 1 heterocycles. The zero-order valence-corrected chi connectivity index (χ0v) is 14.8. The molecule has 2 fully saturated rings. The first kappa shape index (κ1) is 19.7. The molecule has 1 saturated heterocycles. The fourth-order valence-corrected chi connectivity index (χ4v) is 4.69. The Morgan fingerprint density at radius 1 is 1.36 bits per heavy atom. The molecular weight excluding hydrogens is 326 g/mol. The first-order chi connectivity index (χ1) is 9.95. The van der Waals surface area contributed by atoms with Crippen LogP contribution in [0.4, 0.5) is 0 Å². The molecular formula is C14H28ClN3O3S. The fourth-order valence-electron chi connectivity index (χ4n) is 2.81. The monoisotopic (exact) mass is 353 g/mol. The summed E-state index contributed by atoms with van der Waals surface area (Å²) in [4.78, 5) is 12.3. The molecule has 130 valence electrons. The number of amides is 1. The van der Waals surface area contributed by atoms with Crippen LogP contribution in [0, 0.1) is 5.92 Å². The molecule has 2 unspecified atom stereocenters. The van der Waals surface area contributed by atoms with Gasteiger partial charge < -0.3 is 11.1 Å². The molecule has 0 aromatic rings. The molecule has 1 aliphatic carbocycles. The molecule has 1 saturated carbocycles. The molecule has 6 nitrogen and oxygen atoms in total. The predicted octanol–water partition coefficient (Wildman–Crippen LogP) is 0.856. The summed E-state index contributed by atoms with van der Waals surface area (Å²) >= 11 is 0. The number of unbranched alkanes of at least 4 members (excludes halogenated alkanes) is 1. The summed E-state index contributed by atoms with van der Waals surface area (Å²) in [6.07, 6.45) is 5.10. The number of hydrogen-bond acceptors (Lipinski definition) is 4. The molecule has 0 aromatic carbocycles. The van der Waals surface area contributed by atoms with Gasteiger partial charge in [-0.1, -0.05) is 13.3 Å². The van der Waals surface area contributed by atoms with Gasteiger partial charge in [0, 0.05) is 19.1 Å². The van der Waals surface area contributed by atoms with E-state index in [1.54, 1.807) is 0 Å². The lowest BCUT2D eigenvalue weighted by atomic mass is 10.2. The largest absolute Gasteiger partial charge is 0.353 e. The van der Waals surface area contributed by atoms with E-state index in [0.29, 0.717) is 31.8 Å². The summed E-state index contributed by atoms with van der Waals surface area (Å²) in [7, 11) is -3.32. The van der Waals surface area contributed by atoms with Gasteiger partial charge in [0.1, 0.15) is 6.04 Å². The van der Waals surface area contributed by atoms with Gasteiger partial charge in [0.25, 0.3) is 0 Å². The Kier molecular flexibility index (Phi) is 7.58. The molecule has 0 aromatic heterocycles. The van der Waals surface area contributed by atoms with Gasteiger partial charge in [-0.15, -0.1) is 12.4 Å². The molecule has 3 N–H and O–H groups in total. The van der Waals surface area contributed by atoms with E-state index >= 15 is 0 Å². The van der Waals surface area contributed by atoms with E-state index in [0.717, 1.165) is 25.7 Å². The molecule has 2 rings (SSSR count). The number of nitrogens with zero attached hydrogens (tertiary/aromatic N) is 1. The predicted molar refractivity (Wildman–Crippen MR) is 89.4 cm³/mol. The highest BCUT2D eigenvalue weighted by Crippen LogP contribution is 2.31. The third kappa shape index (κ3) is 5.08. The van der Waals surface area contributed by atoms with Crippen LogP contribution in [-0.2, 0) is 14.8 Å². The van der Waals surface area contributed by atoms with Gasteiger partial charge in [0.05, 0.1) is 5.75 Å². The highest BCUT2D eigenvalue weighted by Gasteiger charge is 2.38. The fraction of sp³-hybridized carbons (Fsp3) is 0.929. The number of carbonyl (C=O) groups excluding carboxylic acids is 1. The highest BCUT2D eigenvalue weighted by atomic mass is 35.5. The number of carbonyl (C=O) groups is 1. The lowest BCUT2D eigenvalue weighted by Crippen LogP contribution is -2.49. The first-order valence-electron chi connectivity index (χ1n) is 7.98. The van der Waals surface area contributed by atoms with Crippen molar-refractivity contribution >= 4 is 28.3 Å². The van der Waals surface area contributed by atoms with Crippen molar-refractivity contribution in [3.63, 3.8) is 0 Å². The highest BCUT2D eigenvalue weighted by molar-refractivity contribution is 7.89. The van der Waals surface area contributed by atoms with Crippen molar-refractivity contribution < 1.29 is 13.2 Å². The van der Waals surface area contributed by atoms with Crippen molar-refractivity contribution in [2.24, 2.45) is 11.7 Å². The zero-order valence-electron chi connectivity index (χ0n) is 13.2. The summed E-state index contributed by atoms with van der Waals surface area (Å²) in [5.74, 6) is 0.469. The lowest BCUT2D eigenvalue weighted by Gasteiger charge is -2.24. The molecule has 2 aliphatic rings. The molecule has 0 bridgehead atoms. The maximum absolute atomic E-state index is 12.3. The van der Waals surface area contributed by atoms with Crippen molar-refractivity contribution in [1.82, 2.24) is 9.62 Å². The number of hydrogen-bond donors (Lipinski definition) is 2. The quantitative estimate of drug-likeness (QED) is 0.676. The molecule has 0 radical (unpaired) electrons. The average molecular weight is 354 g/mol. The van der Waals surface area contributed by atoms with Gasteiger partial charge in [-0.05, 0) is 38.0 Å². The number of sulfonamides is 1. The number of halogens is 1. The molecule has 8 heteroatoms. The van der Waals surface area contributed by atoms with Crippen molar-refractivity contribution in [3.8, 4) is 0 Å². The minimum Gasteiger partial charge on any atom is -0.353 e. The Morgan fingerprint density at radius 2 is 2.05 bits per heavy atom. The SMILES string of the molecule is CCCCS(=O)(=O)N1CCCC1C(=O)NCC(N)C1CC1.Cl. The maximum Gasteiger partial charge on any atom is 0.238 e. The molecule has 2 atom stereocenters. The smallest absolute Gasteiger partial charge is 0.238 e. The van der Waals surface area contributed by atoms with Crippen LogP contribution < -0.4 is 11.1 Å². The maximum atomic E-state index is 12.3. The van der Waals surface area contributed by atoms with Gasteiger partial charge in [-0.3, -0.25) is 4.79 Å². The molecule has 1 aliphatic heterocycles. The second-order valence-electron chi connectivity index (χ2n) is 6.18. The second kappa shape index (κ2) is 8.47. The number of nitrogens with one attached hydrogen (secondary N) is 1. The van der Waals surface area contributed by atoms with Gasteiger partial charge in [-0.25, -0.2) is 8.42 Å². The average Bonchev–Trinajstić information content (AvgIpc) is 3.18. The van der Waals surface area contributed by atoms with E-state index in [2.05, 4.69) is 5.32 Å². The summed E-state index contributed by atoms with van der Waals surface area (Å²) in [5, 5.41) is 2.83. The van der Waals surface area contributed by atoms with Crippen LogP contribution in [0.2, 0.25) is 0 Å². The Labute approximate surface area is 139 Å². The van der Waals surface area contributed by atoms with Gasteiger partial charge in [0.15, 0.2) is 0 Å². The van der Waals surface area contributed by atoms with E-state index in [1.165, 1.54) is 4.31 Å². The van der Waals surface area contributed by atoms with Gasteiger partial charge in [0.2, 0.25) is 15.9 Å². The molecule has 22 heavy (non-hydrogen) atoms. The standard InChI is InChI=1S/C14H27N3O3S.ClH/c1-2-3-9-21(19,20)17-8-4-5-13(17)14(18)16-10-12(15)11-6-7-11;/h11-13H,2-10,15H2,1H3,(H,16,18);1H. The summed E-state index contributed by atoms with van der Waals surface area (Å²) in [6, 6.07) is -0.543. The Balaban J connectivity index is 0.00000242. The Bertz CT molecular complexity index is 468. The second-order valence-corrected chi connectivity index (χ2v) is 8.23. The molecule has 1 amide bonds. The van der Waals surface area contributed by atoms with Crippen LogP contribution in [0.1, 0.15) is 45.4 Å². The topological polar surface area (TPSA) is 92.5 Å². The summed E-state index contributed by atoms with van der Waals surface area (Å²) in [5.41, 5.74) is 5.97. The van der Waals surface area contributed by atoms with Crippen LogP contribution in [0.25, 0.3) is 0 Å². The van der Waals surface area contributed by atoms with E-state index in [1.807, 2.05) is 6.92 Å². The van der Waals surface area contributed by atoms with Crippen LogP contribution in [0.15, 0.2) is 0 Å².